The molecule has 1 fully saturated rings. The van der Waals surface area contributed by atoms with Gasteiger partial charge >= 0.3 is 6.18 Å². The molecule has 0 spiro atoms. The summed E-state index contributed by atoms with van der Waals surface area (Å²) in [4.78, 5) is 9.15. The molecule has 0 radical (unpaired) electrons. The quantitative estimate of drug-likeness (QED) is 0.543. The third kappa shape index (κ3) is 6.09. The minimum absolute atomic E-state index is 0.111. The van der Waals surface area contributed by atoms with Crippen LogP contribution in [0.3, 0.4) is 0 Å². The highest BCUT2D eigenvalue weighted by molar-refractivity contribution is 5.61. The molecule has 0 aliphatic heterocycles. The standard InChI is InChI=1S/C25H33F3N4/c1-16-5-10-23(31-12-16)15-30-18(3)20-11-21(13-29-4)24(32-14-20)17(2)19-6-8-22(9-7-19)25(26,27)28/h5,10-12,14,17,19,22,29-30H,3,6-9,13,15H2,1-2,4H3. The molecule has 0 saturated heterocycles. The molecule has 1 aliphatic rings. The highest BCUT2D eigenvalue weighted by Gasteiger charge is 2.42. The van der Waals surface area contributed by atoms with Crippen LogP contribution < -0.4 is 10.6 Å². The van der Waals surface area contributed by atoms with Crippen LogP contribution in [0, 0.1) is 18.8 Å². The van der Waals surface area contributed by atoms with E-state index in [0.29, 0.717) is 25.9 Å². The molecule has 1 saturated carbocycles. The Labute approximate surface area is 188 Å². The first kappa shape index (κ1) is 24.2. The van der Waals surface area contributed by atoms with Gasteiger partial charge in [0.25, 0.3) is 0 Å². The van der Waals surface area contributed by atoms with Crippen molar-refractivity contribution >= 4 is 5.70 Å². The Bertz CT molecular complexity index is 900. The van der Waals surface area contributed by atoms with Gasteiger partial charge in [-0.15, -0.1) is 0 Å². The van der Waals surface area contributed by atoms with Crippen LogP contribution in [0.2, 0.25) is 0 Å². The van der Waals surface area contributed by atoms with Crippen molar-refractivity contribution in [2.75, 3.05) is 7.05 Å². The third-order valence-corrected chi connectivity index (χ3v) is 6.55. The first-order valence-electron chi connectivity index (χ1n) is 11.2. The SMILES string of the molecule is C=C(NCc1ccc(C)cn1)c1cnc(C(C)C2CCC(C(F)(F)F)CC2)c(CNC)c1. The number of aromatic nitrogens is 2. The van der Waals surface area contributed by atoms with E-state index in [0.717, 1.165) is 33.8 Å². The molecule has 2 N–H and O–H groups in total. The Morgan fingerprint density at radius 1 is 1.12 bits per heavy atom. The van der Waals surface area contributed by atoms with Crippen LogP contribution in [-0.4, -0.2) is 23.2 Å². The average Bonchev–Trinajstić information content (AvgIpc) is 2.78. The van der Waals surface area contributed by atoms with Gasteiger partial charge in [0.15, 0.2) is 0 Å². The summed E-state index contributed by atoms with van der Waals surface area (Å²) in [6.45, 7) is 9.46. The Morgan fingerprint density at radius 3 is 2.44 bits per heavy atom. The Morgan fingerprint density at radius 2 is 1.84 bits per heavy atom. The van der Waals surface area contributed by atoms with E-state index in [1.165, 1.54) is 0 Å². The fourth-order valence-corrected chi connectivity index (χ4v) is 4.50. The van der Waals surface area contributed by atoms with Gasteiger partial charge < -0.3 is 10.6 Å². The molecule has 1 aliphatic carbocycles. The summed E-state index contributed by atoms with van der Waals surface area (Å²) < 4.78 is 39.1. The maximum absolute atomic E-state index is 13.0. The van der Waals surface area contributed by atoms with Crippen LogP contribution in [0.25, 0.3) is 5.70 Å². The first-order chi connectivity index (χ1) is 15.2. The van der Waals surface area contributed by atoms with E-state index in [2.05, 4.69) is 35.2 Å². The lowest BCUT2D eigenvalue weighted by atomic mass is 9.74. The fourth-order valence-electron chi connectivity index (χ4n) is 4.50. The zero-order valence-corrected chi connectivity index (χ0v) is 19.1. The Balaban J connectivity index is 1.68. The Hall–Kier alpha value is -2.41. The van der Waals surface area contributed by atoms with Crippen molar-refractivity contribution in [2.24, 2.45) is 11.8 Å². The predicted octanol–water partition coefficient (Wildman–Crippen LogP) is 5.74. The van der Waals surface area contributed by atoms with Crippen molar-refractivity contribution in [1.82, 2.24) is 20.6 Å². The lowest BCUT2D eigenvalue weighted by molar-refractivity contribution is -0.184. The van der Waals surface area contributed by atoms with Gasteiger partial charge in [0.05, 0.1) is 18.2 Å². The number of nitrogens with zero attached hydrogens (tertiary/aromatic N) is 2. The number of nitrogens with one attached hydrogen (secondary N) is 2. The molecule has 0 aromatic carbocycles. The lowest BCUT2D eigenvalue weighted by Crippen LogP contribution is -2.29. The molecule has 0 bridgehead atoms. The third-order valence-electron chi connectivity index (χ3n) is 6.55. The zero-order chi connectivity index (χ0) is 23.3. The van der Waals surface area contributed by atoms with Gasteiger partial charge in [-0.05, 0) is 68.8 Å². The van der Waals surface area contributed by atoms with Gasteiger partial charge in [-0.2, -0.15) is 13.2 Å². The number of aryl methyl sites for hydroxylation is 1. The summed E-state index contributed by atoms with van der Waals surface area (Å²) in [7, 11) is 1.88. The summed E-state index contributed by atoms with van der Waals surface area (Å²) >= 11 is 0. The average molecular weight is 447 g/mol. The van der Waals surface area contributed by atoms with Crippen LogP contribution in [0.1, 0.15) is 66.6 Å². The minimum atomic E-state index is -4.08. The van der Waals surface area contributed by atoms with Crippen molar-refractivity contribution in [3.05, 3.63) is 65.2 Å². The van der Waals surface area contributed by atoms with Gasteiger partial charge in [-0.3, -0.25) is 9.97 Å². The van der Waals surface area contributed by atoms with Crippen LogP contribution in [0.5, 0.6) is 0 Å². The van der Waals surface area contributed by atoms with E-state index in [1.54, 1.807) is 0 Å². The largest absolute Gasteiger partial charge is 0.391 e. The second-order valence-electron chi connectivity index (χ2n) is 8.90. The van der Waals surface area contributed by atoms with Crippen LogP contribution in [0.4, 0.5) is 13.2 Å². The van der Waals surface area contributed by atoms with Gasteiger partial charge in [-0.25, -0.2) is 0 Å². The topological polar surface area (TPSA) is 49.8 Å². The first-order valence-corrected chi connectivity index (χ1v) is 11.2. The van der Waals surface area contributed by atoms with Crippen molar-refractivity contribution < 1.29 is 13.2 Å². The molecule has 2 aromatic rings. The molecular formula is C25H33F3N4. The predicted molar refractivity (Wildman–Crippen MR) is 122 cm³/mol. The van der Waals surface area contributed by atoms with Gasteiger partial charge in [-0.1, -0.05) is 19.6 Å². The summed E-state index contributed by atoms with van der Waals surface area (Å²) in [5, 5.41) is 6.50. The number of hydrogen-bond acceptors (Lipinski definition) is 4. The van der Waals surface area contributed by atoms with E-state index in [-0.39, 0.29) is 24.7 Å². The van der Waals surface area contributed by atoms with Crippen LogP contribution >= 0.6 is 0 Å². The van der Waals surface area contributed by atoms with E-state index < -0.39 is 12.1 Å². The normalized spacial score (nSPS) is 20.1. The van der Waals surface area contributed by atoms with Crippen LogP contribution in [0.15, 0.2) is 37.2 Å². The van der Waals surface area contributed by atoms with Crippen molar-refractivity contribution in [1.29, 1.82) is 0 Å². The van der Waals surface area contributed by atoms with Gasteiger partial charge in [0.2, 0.25) is 0 Å². The molecule has 1 unspecified atom stereocenters. The monoisotopic (exact) mass is 446 g/mol. The highest BCUT2D eigenvalue weighted by Crippen LogP contribution is 2.44. The van der Waals surface area contributed by atoms with Gasteiger partial charge in [0.1, 0.15) is 0 Å². The zero-order valence-electron chi connectivity index (χ0n) is 19.1. The summed E-state index contributed by atoms with van der Waals surface area (Å²) in [5.41, 5.74) is 5.74. The second kappa shape index (κ2) is 10.5. The van der Waals surface area contributed by atoms with Crippen molar-refractivity contribution in [3.63, 3.8) is 0 Å². The molecule has 4 nitrogen and oxygen atoms in total. The molecule has 2 aromatic heterocycles. The molecule has 32 heavy (non-hydrogen) atoms. The van der Waals surface area contributed by atoms with Crippen LogP contribution in [-0.2, 0) is 13.1 Å². The van der Waals surface area contributed by atoms with E-state index in [9.17, 15) is 13.2 Å². The highest BCUT2D eigenvalue weighted by atomic mass is 19.4. The summed E-state index contributed by atoms with van der Waals surface area (Å²) in [5.74, 6) is -0.827. The Kier molecular flexibility index (Phi) is 7.93. The van der Waals surface area contributed by atoms with E-state index >= 15 is 0 Å². The molecule has 2 heterocycles. The number of rotatable bonds is 8. The number of hydrogen-bond donors (Lipinski definition) is 2. The van der Waals surface area contributed by atoms with Crippen molar-refractivity contribution in [3.8, 4) is 0 Å². The van der Waals surface area contributed by atoms with E-state index in [1.807, 2.05) is 38.5 Å². The van der Waals surface area contributed by atoms with Crippen molar-refractivity contribution in [2.45, 2.75) is 64.7 Å². The fraction of sp³-hybridized carbons (Fsp3) is 0.520. The lowest BCUT2D eigenvalue weighted by Gasteiger charge is -2.33. The maximum atomic E-state index is 13.0. The molecular weight excluding hydrogens is 413 g/mol. The number of pyridine rings is 2. The summed E-state index contributed by atoms with van der Waals surface area (Å²) in [6.07, 6.45) is 1.18. The molecule has 3 rings (SSSR count). The molecule has 174 valence electrons. The van der Waals surface area contributed by atoms with Gasteiger partial charge in [0, 0.05) is 41.8 Å². The molecule has 1 atom stereocenters. The summed E-state index contributed by atoms with van der Waals surface area (Å²) in [6, 6.07) is 6.09. The molecule has 7 heteroatoms. The van der Waals surface area contributed by atoms with E-state index in [4.69, 9.17) is 4.98 Å². The number of halogens is 3. The minimum Gasteiger partial charge on any atom is -0.379 e. The number of alkyl halides is 3. The maximum Gasteiger partial charge on any atom is 0.391 e. The molecule has 0 amide bonds. The second-order valence-corrected chi connectivity index (χ2v) is 8.90. The smallest absolute Gasteiger partial charge is 0.379 e.